The summed E-state index contributed by atoms with van der Waals surface area (Å²) in [5, 5.41) is 13.4. The van der Waals surface area contributed by atoms with Gasteiger partial charge in [-0.05, 0) is 44.0 Å². The molecule has 0 fully saturated rings. The van der Waals surface area contributed by atoms with E-state index < -0.39 is 25.0 Å². The van der Waals surface area contributed by atoms with E-state index in [2.05, 4.69) is 10.1 Å². The average molecular weight is 514 g/mol. The van der Waals surface area contributed by atoms with Crippen molar-refractivity contribution in [2.45, 2.75) is 46.3 Å². The fraction of sp³-hybridized carbons (Fsp3) is 0.296. The molecule has 0 atom stereocenters. The molecule has 4 rings (SSSR count). The number of pyridine rings is 1. The molecule has 0 aliphatic carbocycles. The molecule has 0 saturated carbocycles. The zero-order valence-electron chi connectivity index (χ0n) is 20.5. The number of alkyl halides is 2. The molecule has 0 aliphatic heterocycles. The fourth-order valence-corrected chi connectivity index (χ4v) is 4.09. The highest BCUT2D eigenvalue weighted by atomic mass is 19.3. The number of fused-ring (bicyclic) bond motifs is 1. The van der Waals surface area contributed by atoms with E-state index in [-0.39, 0.29) is 34.9 Å². The van der Waals surface area contributed by atoms with Gasteiger partial charge in [-0.2, -0.15) is 13.9 Å². The van der Waals surface area contributed by atoms with Gasteiger partial charge < -0.3 is 14.6 Å². The average Bonchev–Trinajstić information content (AvgIpc) is 3.36. The molecule has 1 N–H and O–H groups in total. The van der Waals surface area contributed by atoms with Crippen LogP contribution in [0.1, 0.15) is 43.6 Å². The van der Waals surface area contributed by atoms with Gasteiger partial charge in [-0.1, -0.05) is 31.2 Å². The van der Waals surface area contributed by atoms with Crippen molar-refractivity contribution >= 4 is 16.9 Å². The summed E-state index contributed by atoms with van der Waals surface area (Å²) in [6.45, 7) is 1.90. The lowest BCUT2D eigenvalue weighted by atomic mass is 9.97. The third-order valence-corrected chi connectivity index (χ3v) is 5.85. The van der Waals surface area contributed by atoms with Crippen molar-refractivity contribution in [3.63, 3.8) is 0 Å². The molecule has 0 radical (unpaired) electrons. The molecule has 194 valence electrons. The van der Waals surface area contributed by atoms with Gasteiger partial charge in [-0.25, -0.2) is 14.2 Å². The predicted octanol–water partition coefficient (Wildman–Crippen LogP) is 6.04. The Hall–Kier alpha value is -4.08. The van der Waals surface area contributed by atoms with E-state index >= 15 is 0 Å². The molecule has 10 heteroatoms. The molecule has 4 aromatic rings. The first-order chi connectivity index (χ1) is 17.7. The van der Waals surface area contributed by atoms with E-state index in [1.54, 1.807) is 6.92 Å². The molecule has 0 amide bonds. The Labute approximate surface area is 211 Å². The predicted molar refractivity (Wildman–Crippen MR) is 132 cm³/mol. The number of ether oxygens (including phenoxy) is 2. The van der Waals surface area contributed by atoms with Gasteiger partial charge in [-0.15, -0.1) is 0 Å². The van der Waals surface area contributed by atoms with E-state index in [4.69, 9.17) is 14.6 Å². The number of carboxylic acid groups (broad SMARTS) is 1. The van der Waals surface area contributed by atoms with E-state index in [1.807, 2.05) is 55.1 Å². The number of aliphatic carboxylic acids is 1. The molecule has 0 bridgehead atoms. The first-order valence-corrected chi connectivity index (χ1v) is 11.8. The summed E-state index contributed by atoms with van der Waals surface area (Å²) in [6.07, 6.45) is 2.40. The molecule has 2 aromatic heterocycles. The van der Waals surface area contributed by atoms with Gasteiger partial charge in [0.25, 0.3) is 0 Å². The van der Waals surface area contributed by atoms with E-state index in [9.17, 15) is 18.0 Å². The number of aryl methyl sites for hydroxylation is 1. The Morgan fingerprint density at radius 3 is 2.43 bits per heavy atom. The van der Waals surface area contributed by atoms with Gasteiger partial charge in [0.15, 0.2) is 6.61 Å². The first-order valence-electron chi connectivity index (χ1n) is 11.8. The second-order valence-corrected chi connectivity index (χ2v) is 8.70. The second kappa shape index (κ2) is 10.9. The van der Waals surface area contributed by atoms with Gasteiger partial charge >= 0.3 is 12.6 Å². The van der Waals surface area contributed by atoms with Crippen LogP contribution in [0.4, 0.5) is 13.2 Å². The van der Waals surface area contributed by atoms with Crippen molar-refractivity contribution in [3.05, 3.63) is 71.3 Å². The summed E-state index contributed by atoms with van der Waals surface area (Å²) in [7, 11) is 0. The van der Waals surface area contributed by atoms with Crippen molar-refractivity contribution < 1.29 is 32.5 Å². The van der Waals surface area contributed by atoms with Gasteiger partial charge in [0.2, 0.25) is 0 Å². The molecule has 0 spiro atoms. The lowest BCUT2D eigenvalue weighted by Crippen LogP contribution is -2.13. The van der Waals surface area contributed by atoms with Gasteiger partial charge in [-0.3, -0.25) is 4.68 Å². The maximum Gasteiger partial charge on any atom is 0.387 e. The standard InChI is InChI=1S/C27H26F3N3O4/c1-4-20-18(13-16-5-7-17(8-6-16)21-11-12-33(32-21)15(2)3)26(37-27(29)30)24-22(36-14-23(34)35)10-9-19(28)25(24)31-20/h5-12,15,27H,4,13-14H2,1-3H3,(H,34,35). The molecule has 0 unspecified atom stereocenters. The van der Waals surface area contributed by atoms with Gasteiger partial charge in [0.05, 0.1) is 11.1 Å². The molecule has 2 aromatic carbocycles. The molecule has 37 heavy (non-hydrogen) atoms. The number of benzene rings is 2. The van der Waals surface area contributed by atoms with Gasteiger partial charge in [0, 0.05) is 35.5 Å². The van der Waals surface area contributed by atoms with Crippen LogP contribution in [0.5, 0.6) is 11.5 Å². The smallest absolute Gasteiger partial charge is 0.387 e. The molecular formula is C27H26F3N3O4. The Morgan fingerprint density at radius 1 is 1.11 bits per heavy atom. The highest BCUT2D eigenvalue weighted by Gasteiger charge is 2.24. The number of carboxylic acids is 1. The Morgan fingerprint density at radius 2 is 1.84 bits per heavy atom. The van der Waals surface area contributed by atoms with Crippen molar-refractivity contribution in [2.75, 3.05) is 6.61 Å². The van der Waals surface area contributed by atoms with Crippen LogP contribution in [-0.4, -0.2) is 39.1 Å². The fourth-order valence-electron chi connectivity index (χ4n) is 4.09. The van der Waals surface area contributed by atoms with Crippen LogP contribution in [0.15, 0.2) is 48.7 Å². The number of aromatic nitrogens is 3. The molecular weight excluding hydrogens is 487 g/mol. The van der Waals surface area contributed by atoms with Crippen molar-refractivity contribution in [1.29, 1.82) is 0 Å². The van der Waals surface area contributed by atoms with Crippen LogP contribution in [0.25, 0.3) is 22.2 Å². The van der Waals surface area contributed by atoms with Crippen LogP contribution < -0.4 is 9.47 Å². The summed E-state index contributed by atoms with van der Waals surface area (Å²) >= 11 is 0. The van der Waals surface area contributed by atoms with E-state index in [0.717, 1.165) is 22.9 Å². The second-order valence-electron chi connectivity index (χ2n) is 8.70. The van der Waals surface area contributed by atoms with Crippen molar-refractivity contribution in [2.24, 2.45) is 0 Å². The number of rotatable bonds is 10. The minimum absolute atomic E-state index is 0.109. The van der Waals surface area contributed by atoms with Crippen LogP contribution in [0.2, 0.25) is 0 Å². The van der Waals surface area contributed by atoms with E-state index in [0.29, 0.717) is 17.7 Å². The molecule has 0 aliphatic rings. The largest absolute Gasteiger partial charge is 0.481 e. The quantitative estimate of drug-likeness (QED) is 0.278. The number of carbonyl (C=O) groups is 1. The maximum absolute atomic E-state index is 14.7. The topological polar surface area (TPSA) is 86.5 Å². The first kappa shape index (κ1) is 26.0. The number of halogens is 3. The highest BCUT2D eigenvalue weighted by Crippen LogP contribution is 2.40. The molecule has 7 nitrogen and oxygen atoms in total. The lowest BCUT2D eigenvalue weighted by Gasteiger charge is -2.19. The monoisotopic (exact) mass is 513 g/mol. The van der Waals surface area contributed by atoms with Crippen molar-refractivity contribution in [3.8, 4) is 22.8 Å². The SMILES string of the molecule is CCc1nc2c(F)ccc(OCC(=O)O)c2c(OC(F)F)c1Cc1ccc(-c2ccn(C(C)C)n2)cc1. The minimum Gasteiger partial charge on any atom is -0.481 e. The zero-order chi connectivity index (χ0) is 26.7. The molecule has 0 saturated heterocycles. The summed E-state index contributed by atoms with van der Waals surface area (Å²) in [6, 6.07) is 11.9. The lowest BCUT2D eigenvalue weighted by molar-refractivity contribution is -0.139. The van der Waals surface area contributed by atoms with Crippen LogP contribution in [0.3, 0.4) is 0 Å². The van der Waals surface area contributed by atoms with Gasteiger partial charge in [0.1, 0.15) is 22.8 Å². The van der Waals surface area contributed by atoms with Crippen LogP contribution in [0, 0.1) is 5.82 Å². The van der Waals surface area contributed by atoms with Crippen molar-refractivity contribution in [1.82, 2.24) is 14.8 Å². The maximum atomic E-state index is 14.7. The summed E-state index contributed by atoms with van der Waals surface area (Å²) in [5.41, 5.74) is 2.99. The highest BCUT2D eigenvalue weighted by molar-refractivity contribution is 5.93. The van der Waals surface area contributed by atoms with E-state index in [1.165, 1.54) is 6.07 Å². The number of hydrogen-bond acceptors (Lipinski definition) is 5. The summed E-state index contributed by atoms with van der Waals surface area (Å²) in [4.78, 5) is 15.4. The third-order valence-electron chi connectivity index (χ3n) is 5.85. The normalized spacial score (nSPS) is 11.5. The minimum atomic E-state index is -3.21. The zero-order valence-corrected chi connectivity index (χ0v) is 20.5. The van der Waals surface area contributed by atoms with Crippen LogP contribution >= 0.6 is 0 Å². The molecule has 2 heterocycles. The van der Waals surface area contributed by atoms with Crippen LogP contribution in [-0.2, 0) is 17.6 Å². The Bertz CT molecular complexity index is 1420. The summed E-state index contributed by atoms with van der Waals surface area (Å²) < 4.78 is 53.9. The third kappa shape index (κ3) is 5.68. The number of nitrogens with zero attached hydrogens (tertiary/aromatic N) is 3. The Kier molecular flexibility index (Phi) is 7.66. The number of hydrogen-bond donors (Lipinski definition) is 1. The Balaban J connectivity index is 1.79. The summed E-state index contributed by atoms with van der Waals surface area (Å²) in [5.74, 6) is -2.42.